The van der Waals surface area contributed by atoms with Crippen molar-refractivity contribution in [2.75, 3.05) is 5.33 Å². The van der Waals surface area contributed by atoms with Gasteiger partial charge in [0.05, 0.1) is 0 Å². The molecule has 0 saturated heterocycles. The van der Waals surface area contributed by atoms with Crippen molar-refractivity contribution in [3.05, 3.63) is 65.7 Å². The quantitative estimate of drug-likeness (QED) is 0.705. The monoisotopic (exact) mass is 330 g/mol. The molecule has 2 aromatic carbocycles. The molecule has 20 heavy (non-hydrogen) atoms. The molecule has 2 aromatic rings. The molecule has 1 nitrogen and oxygen atoms in total. The minimum Gasteiger partial charge on any atom is -0.489 e. The molecule has 1 aliphatic rings. The largest absolute Gasteiger partial charge is 0.489 e. The summed E-state index contributed by atoms with van der Waals surface area (Å²) in [5, 5.41) is 1.09. The van der Waals surface area contributed by atoms with Crippen LogP contribution in [0.5, 0.6) is 5.75 Å². The number of hydrogen-bond acceptors (Lipinski definition) is 1. The predicted molar refractivity (Wildman–Crippen MR) is 86.5 cm³/mol. The van der Waals surface area contributed by atoms with Crippen LogP contribution in [0.2, 0.25) is 0 Å². The molecule has 0 radical (unpaired) electrons. The Morgan fingerprint density at radius 3 is 2.40 bits per heavy atom. The van der Waals surface area contributed by atoms with Crippen molar-refractivity contribution in [2.24, 2.45) is 5.92 Å². The van der Waals surface area contributed by atoms with E-state index in [4.69, 9.17) is 4.74 Å². The lowest BCUT2D eigenvalue weighted by molar-refractivity contribution is 0.306. The van der Waals surface area contributed by atoms with Crippen LogP contribution in [0.3, 0.4) is 0 Å². The molecule has 0 aromatic heterocycles. The van der Waals surface area contributed by atoms with Crippen LogP contribution in [-0.2, 0) is 12.0 Å². The summed E-state index contributed by atoms with van der Waals surface area (Å²) in [7, 11) is 0. The minimum absolute atomic E-state index is 0.363. The summed E-state index contributed by atoms with van der Waals surface area (Å²) in [5.74, 6) is 1.72. The number of hydrogen-bond donors (Lipinski definition) is 0. The van der Waals surface area contributed by atoms with Gasteiger partial charge < -0.3 is 4.74 Å². The normalized spacial score (nSPS) is 24.4. The molecule has 104 valence electrons. The van der Waals surface area contributed by atoms with E-state index in [1.807, 2.05) is 18.2 Å². The Morgan fingerprint density at radius 2 is 1.80 bits per heavy atom. The second kappa shape index (κ2) is 5.61. The fourth-order valence-corrected chi connectivity index (χ4v) is 3.65. The van der Waals surface area contributed by atoms with Crippen molar-refractivity contribution in [1.82, 2.24) is 0 Å². The van der Waals surface area contributed by atoms with Crippen molar-refractivity contribution in [2.45, 2.75) is 25.4 Å². The summed E-state index contributed by atoms with van der Waals surface area (Å²) in [6.45, 7) is 2.97. The van der Waals surface area contributed by atoms with Crippen LogP contribution < -0.4 is 4.74 Å². The Kier molecular flexibility index (Phi) is 3.84. The van der Waals surface area contributed by atoms with E-state index >= 15 is 0 Å². The molecule has 0 amide bonds. The van der Waals surface area contributed by atoms with Gasteiger partial charge in [-0.3, -0.25) is 0 Å². The Hall–Kier alpha value is -1.28. The Labute approximate surface area is 129 Å². The third kappa shape index (κ3) is 2.76. The van der Waals surface area contributed by atoms with Crippen molar-refractivity contribution in [3.8, 4) is 5.75 Å². The van der Waals surface area contributed by atoms with Crippen molar-refractivity contribution in [3.63, 3.8) is 0 Å². The number of alkyl halides is 1. The van der Waals surface area contributed by atoms with E-state index in [9.17, 15) is 0 Å². The highest BCUT2D eigenvalue weighted by Gasteiger charge is 2.50. The molecule has 1 saturated carbocycles. The van der Waals surface area contributed by atoms with Gasteiger partial charge in [0.2, 0.25) is 0 Å². The third-order valence-electron chi connectivity index (χ3n) is 4.36. The van der Waals surface area contributed by atoms with Crippen molar-refractivity contribution < 1.29 is 4.74 Å². The van der Waals surface area contributed by atoms with E-state index in [2.05, 4.69) is 59.3 Å². The Balaban J connectivity index is 1.62. The van der Waals surface area contributed by atoms with Gasteiger partial charge in [0.1, 0.15) is 12.4 Å². The van der Waals surface area contributed by atoms with E-state index in [0.29, 0.717) is 12.0 Å². The van der Waals surface area contributed by atoms with Gasteiger partial charge in [0, 0.05) is 5.33 Å². The summed E-state index contributed by atoms with van der Waals surface area (Å²) in [4.78, 5) is 0. The second-order valence-electron chi connectivity index (χ2n) is 5.77. The molecule has 0 bridgehead atoms. The standard InChI is InChI=1S/C18H19BrO/c1-18(11-16(18)12-19)15-7-9-17(10-8-15)20-13-14-5-3-2-4-6-14/h2-10,16H,11-13H2,1H3. The molecule has 3 rings (SSSR count). The van der Waals surface area contributed by atoms with Gasteiger partial charge in [-0.25, -0.2) is 0 Å². The molecule has 1 fully saturated rings. The van der Waals surface area contributed by atoms with Gasteiger partial charge in [-0.15, -0.1) is 0 Å². The zero-order valence-electron chi connectivity index (χ0n) is 11.7. The van der Waals surface area contributed by atoms with E-state index in [1.165, 1.54) is 17.5 Å². The highest BCUT2D eigenvalue weighted by Crippen LogP contribution is 2.54. The average molecular weight is 331 g/mol. The average Bonchev–Trinajstić information content (AvgIpc) is 3.19. The minimum atomic E-state index is 0.363. The smallest absolute Gasteiger partial charge is 0.119 e. The molecular formula is C18H19BrO. The van der Waals surface area contributed by atoms with Crippen molar-refractivity contribution >= 4 is 15.9 Å². The SMILES string of the molecule is CC1(c2ccc(OCc3ccccc3)cc2)CC1CBr. The first-order valence-corrected chi connectivity index (χ1v) is 8.18. The summed E-state index contributed by atoms with van der Waals surface area (Å²) in [5.41, 5.74) is 2.99. The van der Waals surface area contributed by atoms with Crippen LogP contribution in [0.15, 0.2) is 54.6 Å². The lowest BCUT2D eigenvalue weighted by atomic mass is 9.96. The van der Waals surface area contributed by atoms with Gasteiger partial charge in [-0.2, -0.15) is 0 Å². The van der Waals surface area contributed by atoms with Crippen LogP contribution in [-0.4, -0.2) is 5.33 Å². The highest BCUT2D eigenvalue weighted by atomic mass is 79.9. The number of benzene rings is 2. The molecule has 0 heterocycles. The van der Waals surface area contributed by atoms with E-state index in [1.54, 1.807) is 0 Å². The summed E-state index contributed by atoms with van der Waals surface area (Å²) < 4.78 is 5.82. The van der Waals surface area contributed by atoms with Crippen LogP contribution in [0.25, 0.3) is 0 Å². The summed E-state index contributed by atoms with van der Waals surface area (Å²) in [6.07, 6.45) is 1.28. The van der Waals surface area contributed by atoms with Gasteiger partial charge in [0.25, 0.3) is 0 Å². The zero-order valence-corrected chi connectivity index (χ0v) is 13.3. The maximum Gasteiger partial charge on any atom is 0.119 e. The first kappa shape index (κ1) is 13.7. The van der Waals surface area contributed by atoms with E-state index in [0.717, 1.165) is 17.0 Å². The van der Waals surface area contributed by atoms with E-state index in [-0.39, 0.29) is 0 Å². The molecule has 2 unspecified atom stereocenters. The van der Waals surface area contributed by atoms with Crippen LogP contribution in [0.1, 0.15) is 24.5 Å². The van der Waals surface area contributed by atoms with Gasteiger partial charge in [-0.1, -0.05) is 65.3 Å². The van der Waals surface area contributed by atoms with Crippen LogP contribution in [0.4, 0.5) is 0 Å². The lowest BCUT2D eigenvalue weighted by Gasteiger charge is -2.12. The molecule has 2 atom stereocenters. The fraction of sp³-hybridized carbons (Fsp3) is 0.333. The van der Waals surface area contributed by atoms with Crippen LogP contribution >= 0.6 is 15.9 Å². The van der Waals surface area contributed by atoms with Gasteiger partial charge >= 0.3 is 0 Å². The Bertz CT molecular complexity index is 564. The second-order valence-corrected chi connectivity index (χ2v) is 6.42. The number of rotatable bonds is 5. The van der Waals surface area contributed by atoms with E-state index < -0.39 is 0 Å². The highest BCUT2D eigenvalue weighted by molar-refractivity contribution is 9.09. The third-order valence-corrected chi connectivity index (χ3v) is 5.14. The lowest BCUT2D eigenvalue weighted by Crippen LogP contribution is -2.05. The summed E-state index contributed by atoms with van der Waals surface area (Å²) >= 11 is 3.59. The molecule has 1 aliphatic carbocycles. The fourth-order valence-electron chi connectivity index (χ4n) is 2.70. The summed E-state index contributed by atoms with van der Waals surface area (Å²) in [6, 6.07) is 18.9. The first-order valence-electron chi connectivity index (χ1n) is 7.05. The molecule has 0 N–H and O–H groups in total. The van der Waals surface area contributed by atoms with Gasteiger partial charge in [-0.05, 0) is 41.0 Å². The Morgan fingerprint density at radius 1 is 1.10 bits per heavy atom. The molecule has 0 spiro atoms. The molecular weight excluding hydrogens is 312 g/mol. The first-order chi connectivity index (χ1) is 9.72. The van der Waals surface area contributed by atoms with Crippen LogP contribution in [0, 0.1) is 5.92 Å². The predicted octanol–water partition coefficient (Wildman–Crippen LogP) is 4.94. The number of ether oxygens (including phenoxy) is 1. The van der Waals surface area contributed by atoms with Gasteiger partial charge in [0.15, 0.2) is 0 Å². The molecule has 0 aliphatic heterocycles. The van der Waals surface area contributed by atoms with Crippen molar-refractivity contribution in [1.29, 1.82) is 0 Å². The zero-order chi connectivity index (χ0) is 14.0. The maximum atomic E-state index is 5.82. The number of halogens is 1. The maximum absolute atomic E-state index is 5.82. The molecule has 2 heteroatoms. The topological polar surface area (TPSA) is 9.23 Å².